The molecule has 1 aromatic heterocycles. The lowest BCUT2D eigenvalue weighted by Crippen LogP contribution is -2.33. The van der Waals surface area contributed by atoms with E-state index in [1.807, 2.05) is 25.1 Å². The smallest absolute Gasteiger partial charge is 0.259 e. The van der Waals surface area contributed by atoms with Gasteiger partial charge < -0.3 is 24.5 Å². The quantitative estimate of drug-likeness (QED) is 0.611. The average Bonchev–Trinajstić information content (AvgIpc) is 2.80. The van der Waals surface area contributed by atoms with Gasteiger partial charge in [0.1, 0.15) is 17.4 Å². The third kappa shape index (κ3) is 3.90. The standard InChI is InChI=1S/C25H22ClN3O4/c1-14-10-20-22(25(30)29(14)13-15-6-4-7-16(26)11-15)21(18(12-27)24(28)33-20)17-8-5-9-19(31-2)23(17)32-3/h4-11,21H,13,28H2,1-3H3/t21-/m0/s1. The van der Waals surface area contributed by atoms with E-state index in [0.29, 0.717) is 45.6 Å². The van der Waals surface area contributed by atoms with Crippen LogP contribution in [0.4, 0.5) is 0 Å². The van der Waals surface area contributed by atoms with Crippen LogP contribution in [0, 0.1) is 18.3 Å². The molecule has 0 saturated carbocycles. The minimum atomic E-state index is -0.789. The van der Waals surface area contributed by atoms with Gasteiger partial charge >= 0.3 is 0 Å². The first-order valence-corrected chi connectivity index (χ1v) is 10.5. The predicted molar refractivity (Wildman–Crippen MR) is 125 cm³/mol. The number of nitrogens with two attached hydrogens (primary N) is 1. The van der Waals surface area contributed by atoms with E-state index >= 15 is 0 Å². The number of ether oxygens (including phenoxy) is 3. The molecule has 0 spiro atoms. The van der Waals surface area contributed by atoms with Crippen molar-refractivity contribution in [2.24, 2.45) is 5.73 Å². The molecule has 0 aliphatic carbocycles. The number of para-hydroxylation sites is 1. The van der Waals surface area contributed by atoms with Crippen LogP contribution in [0.3, 0.4) is 0 Å². The maximum absolute atomic E-state index is 13.8. The summed E-state index contributed by atoms with van der Waals surface area (Å²) in [5.74, 6) is 0.366. The monoisotopic (exact) mass is 463 g/mol. The van der Waals surface area contributed by atoms with Crippen LogP contribution >= 0.6 is 11.6 Å². The molecule has 8 heteroatoms. The number of rotatable bonds is 5. The maximum Gasteiger partial charge on any atom is 0.259 e. The largest absolute Gasteiger partial charge is 0.493 e. The molecule has 2 N–H and O–H groups in total. The molecule has 2 aromatic carbocycles. The number of nitriles is 1. The summed E-state index contributed by atoms with van der Waals surface area (Å²) >= 11 is 6.14. The lowest BCUT2D eigenvalue weighted by Gasteiger charge is -2.28. The number of fused-ring (bicyclic) bond motifs is 1. The van der Waals surface area contributed by atoms with Crippen LogP contribution in [0.25, 0.3) is 0 Å². The van der Waals surface area contributed by atoms with Crippen LogP contribution in [0.2, 0.25) is 5.02 Å². The normalized spacial score (nSPS) is 14.8. The summed E-state index contributed by atoms with van der Waals surface area (Å²) in [6.07, 6.45) is 0. The molecule has 2 heterocycles. The van der Waals surface area contributed by atoms with Gasteiger partial charge in [0, 0.05) is 22.3 Å². The average molecular weight is 464 g/mol. The van der Waals surface area contributed by atoms with E-state index in [9.17, 15) is 10.1 Å². The number of hydrogen-bond donors (Lipinski definition) is 1. The first kappa shape index (κ1) is 22.3. The molecule has 1 atom stereocenters. The SMILES string of the molecule is COc1cccc([C@H]2C(C#N)=C(N)Oc3cc(C)n(Cc4cccc(Cl)c4)c(=O)c32)c1OC. The summed E-state index contributed by atoms with van der Waals surface area (Å²) in [5, 5.41) is 10.5. The highest BCUT2D eigenvalue weighted by atomic mass is 35.5. The zero-order valence-electron chi connectivity index (χ0n) is 18.4. The Morgan fingerprint density at radius 2 is 1.94 bits per heavy atom. The van der Waals surface area contributed by atoms with E-state index in [-0.39, 0.29) is 17.0 Å². The highest BCUT2D eigenvalue weighted by Crippen LogP contribution is 2.46. The molecular formula is C25H22ClN3O4. The van der Waals surface area contributed by atoms with E-state index in [1.165, 1.54) is 14.2 Å². The molecule has 0 bridgehead atoms. The number of hydrogen-bond acceptors (Lipinski definition) is 6. The first-order valence-electron chi connectivity index (χ1n) is 10.2. The van der Waals surface area contributed by atoms with Crippen molar-refractivity contribution in [3.05, 3.63) is 97.7 Å². The van der Waals surface area contributed by atoms with Crippen LogP contribution < -0.4 is 25.5 Å². The van der Waals surface area contributed by atoms with E-state index in [1.54, 1.807) is 34.9 Å². The summed E-state index contributed by atoms with van der Waals surface area (Å²) in [6.45, 7) is 2.12. The van der Waals surface area contributed by atoms with Crippen molar-refractivity contribution in [2.45, 2.75) is 19.4 Å². The number of methoxy groups -OCH3 is 2. The van der Waals surface area contributed by atoms with E-state index in [4.69, 9.17) is 31.5 Å². The van der Waals surface area contributed by atoms with Gasteiger partial charge in [-0.25, -0.2) is 0 Å². The second-order valence-electron chi connectivity index (χ2n) is 7.59. The van der Waals surface area contributed by atoms with Gasteiger partial charge in [-0.15, -0.1) is 0 Å². The Balaban J connectivity index is 1.97. The Hall–Kier alpha value is -3.89. The van der Waals surface area contributed by atoms with Crippen LogP contribution in [-0.2, 0) is 6.54 Å². The lowest BCUT2D eigenvalue weighted by atomic mass is 9.83. The van der Waals surface area contributed by atoms with Gasteiger partial charge in [-0.3, -0.25) is 4.79 Å². The van der Waals surface area contributed by atoms with Crippen molar-refractivity contribution in [1.29, 1.82) is 5.26 Å². The number of aryl methyl sites for hydroxylation is 1. The summed E-state index contributed by atoms with van der Waals surface area (Å²) in [6, 6.07) is 16.5. The van der Waals surface area contributed by atoms with Crippen LogP contribution in [0.5, 0.6) is 17.2 Å². The number of benzene rings is 2. The first-order chi connectivity index (χ1) is 15.9. The fourth-order valence-corrected chi connectivity index (χ4v) is 4.36. The second kappa shape index (κ2) is 8.93. The molecule has 1 aliphatic heterocycles. The van der Waals surface area contributed by atoms with Crippen molar-refractivity contribution in [1.82, 2.24) is 4.57 Å². The molecule has 7 nitrogen and oxygen atoms in total. The third-order valence-corrected chi connectivity index (χ3v) is 5.90. The fourth-order valence-electron chi connectivity index (χ4n) is 4.15. The van der Waals surface area contributed by atoms with Gasteiger partial charge in [-0.2, -0.15) is 5.26 Å². The Bertz CT molecular complexity index is 1370. The number of allylic oxidation sites excluding steroid dienone is 1. The number of halogens is 1. The molecule has 0 radical (unpaired) electrons. The highest BCUT2D eigenvalue weighted by molar-refractivity contribution is 6.30. The van der Waals surface area contributed by atoms with Gasteiger partial charge in [-0.05, 0) is 30.7 Å². The van der Waals surface area contributed by atoms with Gasteiger partial charge in [0.2, 0.25) is 5.88 Å². The summed E-state index contributed by atoms with van der Waals surface area (Å²) in [7, 11) is 3.03. The topological polar surface area (TPSA) is 99.5 Å². The van der Waals surface area contributed by atoms with E-state index < -0.39 is 5.92 Å². The van der Waals surface area contributed by atoms with Gasteiger partial charge in [0.15, 0.2) is 11.5 Å². The van der Waals surface area contributed by atoms with Gasteiger partial charge in [-0.1, -0.05) is 35.9 Å². The van der Waals surface area contributed by atoms with Crippen LogP contribution in [-0.4, -0.2) is 18.8 Å². The fraction of sp³-hybridized carbons (Fsp3) is 0.200. The van der Waals surface area contributed by atoms with Crippen molar-refractivity contribution in [2.75, 3.05) is 14.2 Å². The Kier molecular flexibility index (Phi) is 6.03. The Morgan fingerprint density at radius 3 is 2.61 bits per heavy atom. The molecule has 168 valence electrons. The molecule has 1 aliphatic rings. The molecule has 0 amide bonds. The summed E-state index contributed by atoms with van der Waals surface area (Å²) in [4.78, 5) is 13.8. The van der Waals surface area contributed by atoms with E-state index in [0.717, 1.165) is 5.56 Å². The van der Waals surface area contributed by atoms with Crippen LogP contribution in [0.15, 0.2) is 64.8 Å². The molecular weight excluding hydrogens is 442 g/mol. The molecule has 0 saturated heterocycles. The zero-order chi connectivity index (χ0) is 23.7. The van der Waals surface area contributed by atoms with Crippen molar-refractivity contribution in [3.8, 4) is 23.3 Å². The molecule has 4 rings (SSSR count). The summed E-state index contributed by atoms with van der Waals surface area (Å²) in [5.41, 5.74) is 8.39. The number of nitrogens with zero attached hydrogens (tertiary/aromatic N) is 2. The van der Waals surface area contributed by atoms with Crippen molar-refractivity contribution >= 4 is 11.6 Å². The van der Waals surface area contributed by atoms with E-state index in [2.05, 4.69) is 6.07 Å². The van der Waals surface area contributed by atoms with Crippen LogP contribution in [0.1, 0.15) is 28.3 Å². The molecule has 33 heavy (non-hydrogen) atoms. The maximum atomic E-state index is 13.8. The second-order valence-corrected chi connectivity index (χ2v) is 8.03. The third-order valence-electron chi connectivity index (χ3n) is 5.66. The molecule has 3 aromatic rings. The van der Waals surface area contributed by atoms with Crippen molar-refractivity contribution < 1.29 is 14.2 Å². The van der Waals surface area contributed by atoms with Gasteiger partial charge in [0.25, 0.3) is 5.56 Å². The predicted octanol–water partition coefficient (Wildman–Crippen LogP) is 4.09. The number of aromatic nitrogens is 1. The zero-order valence-corrected chi connectivity index (χ0v) is 19.1. The number of pyridine rings is 1. The highest BCUT2D eigenvalue weighted by Gasteiger charge is 2.36. The molecule has 0 fully saturated rings. The summed E-state index contributed by atoms with van der Waals surface area (Å²) < 4.78 is 18.4. The minimum Gasteiger partial charge on any atom is -0.493 e. The lowest BCUT2D eigenvalue weighted by molar-refractivity contribution is 0.348. The Labute approximate surface area is 196 Å². The van der Waals surface area contributed by atoms with Gasteiger partial charge in [0.05, 0.1) is 32.2 Å². The van der Waals surface area contributed by atoms with Crippen molar-refractivity contribution in [3.63, 3.8) is 0 Å². The molecule has 0 unspecified atom stereocenters. The minimum absolute atomic E-state index is 0.0498. The Morgan fingerprint density at radius 1 is 1.18 bits per heavy atom.